The van der Waals surface area contributed by atoms with Gasteiger partial charge in [0, 0.05) is 0 Å². The molecule has 0 aromatic rings. The molecule has 3 heteroatoms. The van der Waals surface area contributed by atoms with Crippen molar-refractivity contribution >= 4 is 24.4 Å². The maximum atomic E-state index is 5.02. The molecule has 0 saturated carbocycles. The third-order valence-corrected chi connectivity index (χ3v) is 2.43. The van der Waals surface area contributed by atoms with Crippen LogP contribution in [-0.4, -0.2) is 4.58 Å². The molecular weight excluding hydrogens is 143 g/mol. The topological polar surface area (TPSA) is 0 Å². The Hall–Kier alpha value is 1.04. The van der Waals surface area contributed by atoms with E-state index in [0.29, 0.717) is 4.58 Å². The molecule has 0 bridgehead atoms. The number of thioether (sulfide) groups is 1. The summed E-state index contributed by atoms with van der Waals surface area (Å²) in [7, 11) is 0. The first kappa shape index (κ1) is 12.7. The molecule has 0 heterocycles. The van der Waals surface area contributed by atoms with Crippen molar-refractivity contribution in [3.8, 4) is 0 Å². The summed E-state index contributed by atoms with van der Waals surface area (Å²) in [5.41, 5.74) is 0. The van der Waals surface area contributed by atoms with Crippen molar-refractivity contribution in [2.75, 3.05) is 0 Å². The second-order valence-corrected chi connectivity index (χ2v) is 3.42. The molecule has 0 saturated heterocycles. The summed E-state index contributed by atoms with van der Waals surface area (Å²) < 4.78 is 0.367. The monoisotopic (exact) mass is 154 g/mol. The molecule has 1 atom stereocenters. The van der Waals surface area contributed by atoms with Crippen LogP contribution in [0, 0.1) is 0 Å². The molecule has 0 spiro atoms. The van der Waals surface area contributed by atoms with Crippen molar-refractivity contribution in [2.24, 2.45) is 0 Å². The molecule has 0 aromatic carbocycles. The Kier molecular flexibility index (Phi) is 12.7. The van der Waals surface area contributed by atoms with Gasteiger partial charge in [-0.3, -0.25) is 0 Å². The van der Waals surface area contributed by atoms with Crippen LogP contribution in [0.2, 0.25) is 0 Å². The summed E-state index contributed by atoms with van der Waals surface area (Å²) in [6.07, 6.45) is 3.09. The summed E-state index contributed by atoms with van der Waals surface area (Å²) >= 11 is 6.73. The maximum Gasteiger partial charge on any atom is 1.00 e. The normalized spacial score (nSPS) is 13.2. The molecule has 1 unspecified atom stereocenters. The third-order valence-electron chi connectivity index (χ3n) is 0.700. The van der Waals surface area contributed by atoms with E-state index < -0.39 is 0 Å². The first-order valence-electron chi connectivity index (χ1n) is 2.73. The van der Waals surface area contributed by atoms with Crippen LogP contribution in [0.15, 0.2) is 11.5 Å². The Morgan fingerprint density at radius 3 is 2.56 bits per heavy atom. The van der Waals surface area contributed by atoms with Gasteiger partial charge in [0.05, 0.1) is 0 Å². The van der Waals surface area contributed by atoms with E-state index in [0.717, 1.165) is 6.42 Å². The number of rotatable bonds is 3. The molecule has 0 aliphatic heterocycles. The van der Waals surface area contributed by atoms with Gasteiger partial charge in [-0.2, -0.15) is 11.8 Å². The summed E-state index contributed by atoms with van der Waals surface area (Å²) in [4.78, 5) is 0. The van der Waals surface area contributed by atoms with Crippen LogP contribution in [-0.2, 0) is 12.6 Å². The molecule has 0 rings (SSSR count). The van der Waals surface area contributed by atoms with E-state index in [1.807, 2.05) is 18.4 Å². The Bertz CT molecular complexity index is 73.5. The van der Waals surface area contributed by atoms with Gasteiger partial charge >= 0.3 is 18.9 Å². The molecule has 0 fully saturated rings. The Labute approximate surface area is 79.5 Å². The number of hydrogen-bond acceptors (Lipinski definition) is 2. The third kappa shape index (κ3) is 9.04. The average Bonchev–Trinajstić information content (AvgIpc) is 1.83. The summed E-state index contributed by atoms with van der Waals surface area (Å²) in [6, 6.07) is 0. The summed E-state index contributed by atoms with van der Waals surface area (Å²) in [5.74, 6) is 0. The van der Waals surface area contributed by atoms with Crippen LogP contribution in [0.4, 0.5) is 0 Å². The van der Waals surface area contributed by atoms with Crippen LogP contribution in [0.5, 0.6) is 0 Å². The minimum Gasteiger partial charge on any atom is -0.778 e. The zero-order chi connectivity index (χ0) is 6.41. The van der Waals surface area contributed by atoms with E-state index in [4.69, 9.17) is 12.6 Å². The number of allylic oxidation sites excluding steroid dienone is 1. The van der Waals surface area contributed by atoms with E-state index in [2.05, 4.69) is 6.92 Å². The predicted octanol–water partition coefficient (Wildman–Crippen LogP) is -0.460. The van der Waals surface area contributed by atoms with Crippen molar-refractivity contribution in [2.45, 2.75) is 24.9 Å². The van der Waals surface area contributed by atoms with Gasteiger partial charge in [0.1, 0.15) is 0 Å². The molecule has 0 N–H and O–H groups in total. The van der Waals surface area contributed by atoms with Crippen molar-refractivity contribution in [3.05, 3.63) is 11.5 Å². The van der Waals surface area contributed by atoms with Gasteiger partial charge in [-0.05, 0) is 12.3 Å². The SMILES string of the molecule is C/C=C\SC([S-])CC.[Li+]. The van der Waals surface area contributed by atoms with Gasteiger partial charge in [-0.25, -0.2) is 0 Å². The molecule has 0 aliphatic carbocycles. The Morgan fingerprint density at radius 1 is 1.67 bits per heavy atom. The largest absolute Gasteiger partial charge is 1.00 e. The summed E-state index contributed by atoms with van der Waals surface area (Å²) in [5, 5.41) is 2.04. The first-order valence-corrected chi connectivity index (χ1v) is 4.15. The first-order chi connectivity index (χ1) is 3.81. The zero-order valence-electron chi connectivity index (χ0n) is 6.26. The predicted molar refractivity (Wildman–Crippen MR) is 43.8 cm³/mol. The van der Waals surface area contributed by atoms with Gasteiger partial charge < -0.3 is 12.6 Å². The van der Waals surface area contributed by atoms with Crippen molar-refractivity contribution in [1.29, 1.82) is 0 Å². The minimum absolute atomic E-state index is 0. The van der Waals surface area contributed by atoms with Gasteiger partial charge in [-0.1, -0.05) is 19.4 Å². The van der Waals surface area contributed by atoms with Gasteiger partial charge in [0.25, 0.3) is 0 Å². The van der Waals surface area contributed by atoms with Gasteiger partial charge in [-0.15, -0.1) is 4.58 Å². The van der Waals surface area contributed by atoms with Crippen molar-refractivity contribution in [1.82, 2.24) is 0 Å². The fraction of sp³-hybridized carbons (Fsp3) is 0.667. The van der Waals surface area contributed by atoms with Gasteiger partial charge in [0.15, 0.2) is 0 Å². The molecule has 0 nitrogen and oxygen atoms in total. The molecule has 0 aliphatic rings. The second kappa shape index (κ2) is 9.04. The standard InChI is InChI=1S/C6H12S2.Li/c1-3-5-8-6(7)4-2;/h3,5-7H,4H2,1-2H3;/q;+1/p-1/b5-3-;. The Morgan fingerprint density at radius 2 is 2.22 bits per heavy atom. The Balaban J connectivity index is 0. The van der Waals surface area contributed by atoms with Crippen molar-refractivity contribution in [3.63, 3.8) is 0 Å². The summed E-state index contributed by atoms with van der Waals surface area (Å²) in [6.45, 7) is 4.11. The minimum atomic E-state index is 0. The molecule has 0 aromatic heterocycles. The smallest absolute Gasteiger partial charge is 0.778 e. The van der Waals surface area contributed by atoms with Crippen LogP contribution >= 0.6 is 11.8 Å². The molecule has 9 heavy (non-hydrogen) atoms. The van der Waals surface area contributed by atoms with E-state index >= 15 is 0 Å². The van der Waals surface area contributed by atoms with E-state index in [1.54, 1.807) is 11.8 Å². The molecule has 48 valence electrons. The van der Waals surface area contributed by atoms with Crippen molar-refractivity contribution < 1.29 is 18.9 Å². The molecule has 0 amide bonds. The van der Waals surface area contributed by atoms with E-state index in [9.17, 15) is 0 Å². The molecular formula is C6H11LiS2. The van der Waals surface area contributed by atoms with Crippen LogP contribution in [0.25, 0.3) is 0 Å². The van der Waals surface area contributed by atoms with Crippen LogP contribution in [0.1, 0.15) is 20.3 Å². The quantitative estimate of drug-likeness (QED) is 0.398. The second-order valence-electron chi connectivity index (χ2n) is 1.44. The zero-order valence-corrected chi connectivity index (χ0v) is 7.89. The fourth-order valence-electron chi connectivity index (χ4n) is 0.262. The van der Waals surface area contributed by atoms with E-state index in [1.165, 1.54) is 0 Å². The van der Waals surface area contributed by atoms with Gasteiger partial charge in [0.2, 0.25) is 0 Å². The molecule has 0 radical (unpaired) electrons. The van der Waals surface area contributed by atoms with E-state index in [-0.39, 0.29) is 18.9 Å². The maximum absolute atomic E-state index is 5.02. The van der Waals surface area contributed by atoms with Crippen LogP contribution in [0.3, 0.4) is 0 Å². The number of hydrogen-bond donors (Lipinski definition) is 0. The average molecular weight is 154 g/mol. The van der Waals surface area contributed by atoms with Crippen LogP contribution < -0.4 is 18.9 Å². The fourth-order valence-corrected chi connectivity index (χ4v) is 0.980.